The van der Waals surface area contributed by atoms with Gasteiger partial charge < -0.3 is 10.1 Å². The molecule has 0 amide bonds. The first-order chi connectivity index (χ1) is 9.64. The number of benzene rings is 1. The summed E-state index contributed by atoms with van der Waals surface area (Å²) >= 11 is 0. The van der Waals surface area contributed by atoms with E-state index in [1.807, 2.05) is 0 Å². The van der Waals surface area contributed by atoms with Crippen molar-refractivity contribution in [2.45, 2.75) is 58.2 Å². The predicted octanol–water partition coefficient (Wildman–Crippen LogP) is 3.93. The standard InChI is InChI=1S/C18H27NO/c1-4-15(13-9-6-5-7-10-13)19-16-14-11-8-12-20-17(14)18(16,2)3/h5-7,9-10,14-17,19H,4,8,11-12H2,1-3H3. The third-order valence-corrected chi connectivity index (χ3v) is 5.32. The van der Waals surface area contributed by atoms with Crippen LogP contribution >= 0.6 is 0 Å². The average molecular weight is 273 g/mol. The quantitative estimate of drug-likeness (QED) is 0.897. The highest BCUT2D eigenvalue weighted by molar-refractivity contribution is 5.20. The molecule has 1 saturated carbocycles. The second-order valence-corrected chi connectivity index (χ2v) is 6.93. The van der Waals surface area contributed by atoms with E-state index in [1.165, 1.54) is 18.4 Å². The Labute approximate surface area is 122 Å². The third-order valence-electron chi connectivity index (χ3n) is 5.32. The van der Waals surface area contributed by atoms with Gasteiger partial charge in [0.25, 0.3) is 0 Å². The molecule has 110 valence electrons. The predicted molar refractivity (Wildman–Crippen MR) is 82.6 cm³/mol. The fourth-order valence-corrected chi connectivity index (χ4v) is 4.21. The molecule has 0 spiro atoms. The first-order valence-electron chi connectivity index (χ1n) is 8.07. The first-order valence-corrected chi connectivity index (χ1v) is 8.07. The first kappa shape index (κ1) is 14.1. The lowest BCUT2D eigenvalue weighted by atomic mass is 9.55. The summed E-state index contributed by atoms with van der Waals surface area (Å²) in [5.74, 6) is 0.705. The smallest absolute Gasteiger partial charge is 0.0684 e. The Hall–Kier alpha value is -0.860. The maximum Gasteiger partial charge on any atom is 0.0684 e. The normalized spacial score (nSPS) is 33.0. The van der Waals surface area contributed by atoms with Crippen molar-refractivity contribution < 1.29 is 4.74 Å². The summed E-state index contributed by atoms with van der Waals surface area (Å²) in [4.78, 5) is 0. The van der Waals surface area contributed by atoms with E-state index in [9.17, 15) is 0 Å². The number of fused-ring (bicyclic) bond motifs is 1. The summed E-state index contributed by atoms with van der Waals surface area (Å²) in [6, 6.07) is 11.9. The minimum Gasteiger partial charge on any atom is -0.377 e. The Morgan fingerprint density at radius 3 is 2.75 bits per heavy atom. The van der Waals surface area contributed by atoms with Gasteiger partial charge in [0.1, 0.15) is 0 Å². The van der Waals surface area contributed by atoms with Crippen molar-refractivity contribution in [1.29, 1.82) is 0 Å². The van der Waals surface area contributed by atoms with Crippen molar-refractivity contribution in [1.82, 2.24) is 5.32 Å². The van der Waals surface area contributed by atoms with E-state index >= 15 is 0 Å². The number of rotatable bonds is 4. The Balaban J connectivity index is 1.73. The minimum atomic E-state index is 0.257. The summed E-state index contributed by atoms with van der Waals surface area (Å²) in [6.45, 7) is 7.93. The number of ether oxygens (including phenoxy) is 1. The van der Waals surface area contributed by atoms with E-state index in [0.717, 1.165) is 13.0 Å². The van der Waals surface area contributed by atoms with Crippen LogP contribution in [0, 0.1) is 11.3 Å². The van der Waals surface area contributed by atoms with Crippen LogP contribution in [0.5, 0.6) is 0 Å². The van der Waals surface area contributed by atoms with Gasteiger partial charge in [0.2, 0.25) is 0 Å². The van der Waals surface area contributed by atoms with Crippen molar-refractivity contribution in [2.24, 2.45) is 11.3 Å². The number of hydrogen-bond acceptors (Lipinski definition) is 2. The van der Waals surface area contributed by atoms with Gasteiger partial charge in [-0.05, 0) is 24.8 Å². The molecule has 3 rings (SSSR count). The van der Waals surface area contributed by atoms with E-state index in [0.29, 0.717) is 24.1 Å². The van der Waals surface area contributed by atoms with E-state index in [-0.39, 0.29) is 5.41 Å². The summed E-state index contributed by atoms with van der Waals surface area (Å²) < 4.78 is 6.00. The monoisotopic (exact) mass is 273 g/mol. The lowest BCUT2D eigenvalue weighted by Gasteiger charge is -2.61. The van der Waals surface area contributed by atoms with E-state index in [1.54, 1.807) is 0 Å². The molecule has 1 heterocycles. The van der Waals surface area contributed by atoms with Gasteiger partial charge in [-0.3, -0.25) is 0 Å². The SMILES string of the molecule is CCC(NC1C2CCCOC2C1(C)C)c1ccccc1. The maximum absolute atomic E-state index is 6.00. The van der Waals surface area contributed by atoms with Crippen LogP contribution in [-0.4, -0.2) is 18.8 Å². The van der Waals surface area contributed by atoms with Gasteiger partial charge in [0.05, 0.1) is 6.10 Å². The average Bonchev–Trinajstić information content (AvgIpc) is 2.49. The zero-order valence-corrected chi connectivity index (χ0v) is 12.9. The van der Waals surface area contributed by atoms with Crippen LogP contribution in [0.4, 0.5) is 0 Å². The number of nitrogens with one attached hydrogen (secondary N) is 1. The van der Waals surface area contributed by atoms with E-state index in [4.69, 9.17) is 4.74 Å². The van der Waals surface area contributed by atoms with Gasteiger partial charge in [-0.2, -0.15) is 0 Å². The Morgan fingerprint density at radius 2 is 2.05 bits per heavy atom. The second-order valence-electron chi connectivity index (χ2n) is 6.93. The largest absolute Gasteiger partial charge is 0.377 e. The van der Waals surface area contributed by atoms with Crippen LogP contribution in [0.15, 0.2) is 30.3 Å². The third kappa shape index (κ3) is 2.29. The van der Waals surface area contributed by atoms with Crippen LogP contribution in [0.1, 0.15) is 51.6 Å². The van der Waals surface area contributed by atoms with Gasteiger partial charge in [0.15, 0.2) is 0 Å². The Bertz CT molecular complexity index is 442. The molecule has 1 N–H and O–H groups in total. The fraction of sp³-hybridized carbons (Fsp3) is 0.667. The number of hydrogen-bond donors (Lipinski definition) is 1. The molecule has 4 unspecified atom stereocenters. The van der Waals surface area contributed by atoms with Crippen LogP contribution in [0.25, 0.3) is 0 Å². The molecular weight excluding hydrogens is 246 g/mol. The molecule has 1 aliphatic carbocycles. The van der Waals surface area contributed by atoms with Crippen LogP contribution in [-0.2, 0) is 4.74 Å². The minimum absolute atomic E-state index is 0.257. The van der Waals surface area contributed by atoms with Crippen molar-refractivity contribution in [3.05, 3.63) is 35.9 Å². The highest BCUT2D eigenvalue weighted by Crippen LogP contribution is 2.52. The summed E-state index contributed by atoms with van der Waals surface area (Å²) in [5, 5.41) is 3.93. The molecule has 1 aromatic carbocycles. The topological polar surface area (TPSA) is 21.3 Å². The summed E-state index contributed by atoms with van der Waals surface area (Å²) in [5.41, 5.74) is 1.67. The van der Waals surface area contributed by atoms with Gasteiger partial charge in [0, 0.05) is 30.0 Å². The highest BCUT2D eigenvalue weighted by atomic mass is 16.5. The van der Waals surface area contributed by atoms with Crippen molar-refractivity contribution in [3.8, 4) is 0 Å². The van der Waals surface area contributed by atoms with Crippen LogP contribution in [0.2, 0.25) is 0 Å². The summed E-state index contributed by atoms with van der Waals surface area (Å²) in [6.07, 6.45) is 4.13. The fourth-order valence-electron chi connectivity index (χ4n) is 4.21. The van der Waals surface area contributed by atoms with Gasteiger partial charge in [-0.15, -0.1) is 0 Å². The zero-order valence-electron chi connectivity index (χ0n) is 12.9. The molecule has 0 aromatic heterocycles. The van der Waals surface area contributed by atoms with Gasteiger partial charge >= 0.3 is 0 Å². The lowest BCUT2D eigenvalue weighted by molar-refractivity contribution is -0.194. The molecule has 1 saturated heterocycles. The maximum atomic E-state index is 6.00. The molecule has 2 nitrogen and oxygen atoms in total. The summed E-state index contributed by atoms with van der Waals surface area (Å²) in [7, 11) is 0. The van der Waals surface area contributed by atoms with Crippen molar-refractivity contribution in [2.75, 3.05) is 6.61 Å². The lowest BCUT2D eigenvalue weighted by Crippen LogP contribution is -2.69. The Kier molecular flexibility index (Phi) is 3.87. The molecule has 2 aliphatic rings. The molecule has 20 heavy (non-hydrogen) atoms. The second kappa shape index (κ2) is 5.50. The molecule has 0 radical (unpaired) electrons. The van der Waals surface area contributed by atoms with E-state index < -0.39 is 0 Å². The van der Waals surface area contributed by atoms with E-state index in [2.05, 4.69) is 56.4 Å². The molecular formula is C18H27NO. The molecule has 1 aliphatic heterocycles. The highest BCUT2D eigenvalue weighted by Gasteiger charge is 2.57. The van der Waals surface area contributed by atoms with Gasteiger partial charge in [-0.1, -0.05) is 51.1 Å². The van der Waals surface area contributed by atoms with Crippen molar-refractivity contribution in [3.63, 3.8) is 0 Å². The van der Waals surface area contributed by atoms with Crippen molar-refractivity contribution >= 4 is 0 Å². The van der Waals surface area contributed by atoms with Gasteiger partial charge in [-0.25, -0.2) is 0 Å². The molecule has 4 atom stereocenters. The van der Waals surface area contributed by atoms with Crippen LogP contribution < -0.4 is 5.32 Å². The molecule has 0 bridgehead atoms. The zero-order chi connectivity index (χ0) is 14.2. The molecule has 2 heteroatoms. The Morgan fingerprint density at radius 1 is 1.30 bits per heavy atom. The molecule has 1 aromatic rings. The van der Waals surface area contributed by atoms with Crippen LogP contribution in [0.3, 0.4) is 0 Å². The molecule has 2 fully saturated rings.